The van der Waals surface area contributed by atoms with E-state index in [2.05, 4.69) is 125 Å². The van der Waals surface area contributed by atoms with E-state index in [0.29, 0.717) is 0 Å². The van der Waals surface area contributed by atoms with Crippen LogP contribution in [0.4, 0.5) is 0 Å². The zero-order chi connectivity index (χ0) is 24.0. The monoisotopic (exact) mass is 442 g/mol. The molecule has 0 unspecified atom stereocenters. The number of nitrogens with zero attached hydrogens (tertiary/aromatic N) is 2. The van der Waals surface area contributed by atoms with Gasteiger partial charge in [0, 0.05) is 12.4 Å². The van der Waals surface area contributed by atoms with Crippen LogP contribution in [0.5, 0.6) is 0 Å². The van der Waals surface area contributed by atoms with Gasteiger partial charge in [-0.3, -0.25) is 0 Å². The molecule has 5 aromatic rings. The summed E-state index contributed by atoms with van der Waals surface area (Å²) in [7, 11) is 0. The van der Waals surface area contributed by atoms with Gasteiger partial charge < -0.3 is 4.57 Å². The molecule has 0 fully saturated rings. The van der Waals surface area contributed by atoms with Gasteiger partial charge in [0.1, 0.15) is 5.82 Å². The minimum atomic E-state index is 0.143. The molecule has 2 heterocycles. The van der Waals surface area contributed by atoms with Gasteiger partial charge in [-0.2, -0.15) is 0 Å². The van der Waals surface area contributed by atoms with E-state index in [1.807, 2.05) is 0 Å². The number of para-hydroxylation sites is 1. The Hall–Kier alpha value is -3.59. The number of fused-ring (bicyclic) bond motifs is 1. The molecule has 0 aliphatic heterocycles. The van der Waals surface area contributed by atoms with Crippen LogP contribution < -0.4 is 16.4 Å². The molecular weight excluding hydrogens is 411 g/mol. The van der Waals surface area contributed by atoms with Crippen LogP contribution in [0.1, 0.15) is 33.4 Å². The summed E-state index contributed by atoms with van der Waals surface area (Å²) in [5.41, 5.74) is 13.1. The maximum Gasteiger partial charge on any atom is 0.244 e. The first-order valence-electron chi connectivity index (χ1n) is 12.0. The zero-order valence-corrected chi connectivity index (χ0v) is 21.0. The lowest BCUT2D eigenvalue weighted by molar-refractivity contribution is 1.05. The van der Waals surface area contributed by atoms with Crippen molar-refractivity contribution in [3.8, 4) is 5.82 Å². The molecule has 0 atom stereocenters. The van der Waals surface area contributed by atoms with Crippen molar-refractivity contribution in [3.05, 3.63) is 113 Å². The Labute approximate surface area is 203 Å². The Morgan fingerprint density at radius 1 is 0.647 bits per heavy atom. The number of aromatic nitrogens is 2. The van der Waals surface area contributed by atoms with E-state index in [-0.39, 0.29) is 6.71 Å². The summed E-state index contributed by atoms with van der Waals surface area (Å²) < 4.78 is 2.17. The third-order valence-electron chi connectivity index (χ3n) is 7.00. The summed E-state index contributed by atoms with van der Waals surface area (Å²) >= 11 is 0. The van der Waals surface area contributed by atoms with E-state index in [4.69, 9.17) is 4.98 Å². The van der Waals surface area contributed by atoms with E-state index in [1.165, 1.54) is 60.7 Å². The molecule has 0 bridgehead atoms. The smallest absolute Gasteiger partial charge is 0.244 e. The molecule has 2 aromatic heterocycles. The fraction of sp³-hybridized carbons (Fsp3) is 0.194. The number of rotatable bonds is 4. The molecule has 0 radical (unpaired) electrons. The molecule has 0 amide bonds. The third kappa shape index (κ3) is 3.86. The van der Waals surface area contributed by atoms with Crippen molar-refractivity contribution in [2.24, 2.45) is 0 Å². The molecule has 5 rings (SSSR count). The van der Waals surface area contributed by atoms with Crippen LogP contribution in [0.3, 0.4) is 0 Å². The standard InChI is InChI=1S/C31H31BN2/c1-20-15-22(3)30(23(4)16-20)32(31-24(5)17-21(2)18-25(31)6)27-11-12-29(33-19-27)34-14-13-26-9-7-8-10-28(26)34/h7-19H,1-6H3. The predicted octanol–water partition coefficient (Wildman–Crippen LogP) is 5.39. The lowest BCUT2D eigenvalue weighted by Gasteiger charge is -2.24. The highest BCUT2D eigenvalue weighted by Gasteiger charge is 2.28. The third-order valence-corrected chi connectivity index (χ3v) is 7.00. The van der Waals surface area contributed by atoms with Crippen molar-refractivity contribution < 1.29 is 0 Å². The summed E-state index contributed by atoms with van der Waals surface area (Å²) in [6.07, 6.45) is 4.18. The minimum absolute atomic E-state index is 0.143. The van der Waals surface area contributed by atoms with Crippen molar-refractivity contribution in [1.29, 1.82) is 0 Å². The molecule has 0 aliphatic rings. The van der Waals surface area contributed by atoms with E-state index in [0.717, 1.165) is 5.82 Å². The SMILES string of the molecule is Cc1cc(C)c(B(c2ccc(-n3ccc4ccccc43)nc2)c2c(C)cc(C)cc2C)c(C)c1. The summed E-state index contributed by atoms with van der Waals surface area (Å²) in [6, 6.07) is 24.2. The van der Waals surface area contributed by atoms with Gasteiger partial charge in [0.05, 0.1) is 5.52 Å². The van der Waals surface area contributed by atoms with Crippen molar-refractivity contribution >= 4 is 34.0 Å². The second-order valence-corrected chi connectivity index (χ2v) is 9.75. The Kier molecular flexibility index (Phi) is 5.65. The lowest BCUT2D eigenvalue weighted by atomic mass is 9.34. The van der Waals surface area contributed by atoms with Gasteiger partial charge in [0.2, 0.25) is 6.71 Å². The van der Waals surface area contributed by atoms with E-state index < -0.39 is 0 Å². The van der Waals surface area contributed by atoms with E-state index >= 15 is 0 Å². The number of benzene rings is 3. The largest absolute Gasteiger partial charge is 0.301 e. The van der Waals surface area contributed by atoms with Crippen LogP contribution in [-0.4, -0.2) is 16.3 Å². The van der Waals surface area contributed by atoms with Crippen LogP contribution in [0.2, 0.25) is 0 Å². The maximum absolute atomic E-state index is 4.96. The molecule has 0 saturated heterocycles. The zero-order valence-electron chi connectivity index (χ0n) is 21.0. The number of aryl methyl sites for hydroxylation is 6. The summed E-state index contributed by atoms with van der Waals surface area (Å²) in [4.78, 5) is 4.96. The molecular formula is C31H31BN2. The molecule has 34 heavy (non-hydrogen) atoms. The highest BCUT2D eigenvalue weighted by molar-refractivity contribution is 6.96. The Morgan fingerprint density at radius 3 is 1.74 bits per heavy atom. The number of hydrogen-bond donors (Lipinski definition) is 0. The predicted molar refractivity (Wildman–Crippen MR) is 147 cm³/mol. The fourth-order valence-electron chi connectivity index (χ4n) is 5.76. The second-order valence-electron chi connectivity index (χ2n) is 9.75. The van der Waals surface area contributed by atoms with Gasteiger partial charge in [-0.1, -0.05) is 98.3 Å². The Bertz CT molecular complexity index is 1410. The van der Waals surface area contributed by atoms with Crippen molar-refractivity contribution in [2.45, 2.75) is 41.5 Å². The molecule has 2 nitrogen and oxygen atoms in total. The number of pyridine rings is 1. The average molecular weight is 442 g/mol. The molecule has 3 aromatic carbocycles. The van der Waals surface area contributed by atoms with E-state index in [9.17, 15) is 0 Å². The minimum Gasteiger partial charge on any atom is -0.301 e. The van der Waals surface area contributed by atoms with Gasteiger partial charge in [-0.05, 0) is 65.1 Å². The number of hydrogen-bond acceptors (Lipinski definition) is 1. The van der Waals surface area contributed by atoms with Crippen molar-refractivity contribution in [1.82, 2.24) is 9.55 Å². The highest BCUT2D eigenvalue weighted by Crippen LogP contribution is 2.19. The fourth-order valence-corrected chi connectivity index (χ4v) is 5.76. The van der Waals surface area contributed by atoms with Gasteiger partial charge >= 0.3 is 0 Å². The molecule has 0 saturated carbocycles. The molecule has 0 spiro atoms. The van der Waals surface area contributed by atoms with Crippen molar-refractivity contribution in [2.75, 3.05) is 0 Å². The first-order valence-corrected chi connectivity index (χ1v) is 12.0. The average Bonchev–Trinajstić information content (AvgIpc) is 3.21. The first kappa shape index (κ1) is 22.2. The van der Waals surface area contributed by atoms with Crippen LogP contribution in [0, 0.1) is 41.5 Å². The topological polar surface area (TPSA) is 17.8 Å². The quantitative estimate of drug-likeness (QED) is 0.341. The van der Waals surface area contributed by atoms with E-state index in [1.54, 1.807) is 0 Å². The molecule has 168 valence electrons. The lowest BCUT2D eigenvalue weighted by Crippen LogP contribution is -2.56. The van der Waals surface area contributed by atoms with Gasteiger partial charge in [0.15, 0.2) is 0 Å². The van der Waals surface area contributed by atoms with Crippen LogP contribution in [0.15, 0.2) is 79.1 Å². The van der Waals surface area contributed by atoms with Gasteiger partial charge in [-0.25, -0.2) is 4.98 Å². The molecule has 3 heteroatoms. The molecule has 0 aliphatic carbocycles. The van der Waals surface area contributed by atoms with Crippen LogP contribution in [0.25, 0.3) is 16.7 Å². The maximum atomic E-state index is 4.96. The molecule has 0 N–H and O–H groups in total. The van der Waals surface area contributed by atoms with Crippen LogP contribution >= 0.6 is 0 Å². The normalized spacial score (nSPS) is 11.2. The Balaban J connectivity index is 1.69. The second kappa shape index (κ2) is 8.64. The summed E-state index contributed by atoms with van der Waals surface area (Å²) in [5.74, 6) is 0.943. The first-order chi connectivity index (χ1) is 16.3. The summed E-state index contributed by atoms with van der Waals surface area (Å²) in [6.45, 7) is 13.5. The Morgan fingerprint density at radius 2 is 1.21 bits per heavy atom. The van der Waals surface area contributed by atoms with Gasteiger partial charge in [-0.15, -0.1) is 0 Å². The van der Waals surface area contributed by atoms with Crippen LogP contribution in [-0.2, 0) is 0 Å². The van der Waals surface area contributed by atoms with Gasteiger partial charge in [0.25, 0.3) is 0 Å². The highest BCUT2D eigenvalue weighted by atomic mass is 15.0. The van der Waals surface area contributed by atoms with Crippen molar-refractivity contribution in [3.63, 3.8) is 0 Å². The summed E-state index contributed by atoms with van der Waals surface area (Å²) in [5, 5.41) is 1.23.